The smallest absolute Gasteiger partial charge is 0.304 e. The van der Waals surface area contributed by atoms with Gasteiger partial charge in [-0.2, -0.15) is 0 Å². The Morgan fingerprint density at radius 1 is 0.311 bits per heavy atom. The Balaban J connectivity index is 0.000000152. The molecule has 0 aliphatic rings. The first-order chi connectivity index (χ1) is 28.7. The van der Waals surface area contributed by atoms with Gasteiger partial charge in [0, 0.05) is 18.6 Å². The van der Waals surface area contributed by atoms with E-state index >= 15 is 0 Å². The minimum atomic E-state index is 0. The fourth-order valence-corrected chi connectivity index (χ4v) is 7.64. The Morgan fingerprint density at radius 3 is 0.754 bits per heavy atom. The molecule has 0 saturated heterocycles. The number of aromatic nitrogens is 3. The number of hydrogen-bond donors (Lipinski definition) is 0. The third kappa shape index (κ3) is 10.2. The van der Waals surface area contributed by atoms with Crippen molar-refractivity contribution in [3.8, 4) is 33.8 Å². The van der Waals surface area contributed by atoms with E-state index < -0.39 is 0 Å². The molecule has 0 unspecified atom stereocenters. The predicted molar refractivity (Wildman–Crippen MR) is 254 cm³/mol. The summed E-state index contributed by atoms with van der Waals surface area (Å²) in [6.45, 7) is 20.0. The third-order valence-corrected chi connectivity index (χ3v) is 10.7. The summed E-state index contributed by atoms with van der Waals surface area (Å²) in [5.41, 5.74) is 10.3. The second kappa shape index (κ2) is 18.9. The number of benzene rings is 6. The molecule has 0 N–H and O–H groups in total. The summed E-state index contributed by atoms with van der Waals surface area (Å²) in [5, 5.41) is 7.43. The minimum absolute atomic E-state index is 0. The van der Waals surface area contributed by atoms with Gasteiger partial charge in [-0.15, -0.1) is 108 Å². The van der Waals surface area contributed by atoms with Crippen LogP contribution in [0.25, 0.3) is 66.1 Å². The molecule has 0 amide bonds. The maximum absolute atomic E-state index is 4.71. The van der Waals surface area contributed by atoms with Gasteiger partial charge in [0.15, 0.2) is 0 Å². The molecule has 61 heavy (non-hydrogen) atoms. The van der Waals surface area contributed by atoms with Crippen LogP contribution in [0, 0.1) is 18.2 Å². The monoisotopic (exact) mass is 973 g/mol. The largest absolute Gasteiger partial charge is 3.00 e. The van der Waals surface area contributed by atoms with Gasteiger partial charge >= 0.3 is 20.1 Å². The molecule has 3 nitrogen and oxygen atoms in total. The quantitative estimate of drug-likeness (QED) is 0.166. The average molecular weight is 973 g/mol. The van der Waals surface area contributed by atoms with Gasteiger partial charge in [-0.05, 0) is 82.3 Å². The van der Waals surface area contributed by atoms with Crippen molar-refractivity contribution in [3.63, 3.8) is 0 Å². The zero-order chi connectivity index (χ0) is 42.5. The molecule has 0 saturated carbocycles. The second-order valence-electron chi connectivity index (χ2n) is 18.3. The molecule has 3 heterocycles. The van der Waals surface area contributed by atoms with Gasteiger partial charge in [-0.1, -0.05) is 135 Å². The van der Waals surface area contributed by atoms with Crippen LogP contribution in [0.15, 0.2) is 164 Å². The Morgan fingerprint density at radius 2 is 0.541 bits per heavy atom. The number of fused-ring (bicyclic) bond motifs is 3. The molecular weight excluding hydrogens is 919 g/mol. The van der Waals surface area contributed by atoms with Crippen LogP contribution in [0.5, 0.6) is 0 Å². The van der Waals surface area contributed by atoms with E-state index in [0.717, 1.165) is 33.8 Å². The summed E-state index contributed by atoms with van der Waals surface area (Å²) in [6.07, 6.45) is 6.04. The molecular formula is C57H54IrN3. The molecule has 3 aromatic heterocycles. The topological polar surface area (TPSA) is 38.7 Å². The molecule has 9 aromatic rings. The maximum atomic E-state index is 4.71. The maximum Gasteiger partial charge on any atom is 3.00 e. The Kier molecular flexibility index (Phi) is 13.8. The average Bonchev–Trinajstić information content (AvgIpc) is 3.25. The first-order valence-electron chi connectivity index (χ1n) is 20.8. The van der Waals surface area contributed by atoms with Crippen molar-refractivity contribution in [1.82, 2.24) is 15.0 Å². The van der Waals surface area contributed by atoms with Gasteiger partial charge in [0.2, 0.25) is 0 Å². The molecule has 0 fully saturated rings. The van der Waals surface area contributed by atoms with Crippen molar-refractivity contribution < 1.29 is 20.1 Å². The zero-order valence-electron chi connectivity index (χ0n) is 36.8. The van der Waals surface area contributed by atoms with Gasteiger partial charge < -0.3 is 15.0 Å². The fourth-order valence-electron chi connectivity index (χ4n) is 7.64. The summed E-state index contributed by atoms with van der Waals surface area (Å²) in [4.78, 5) is 14.1. The molecule has 4 heteroatoms. The fraction of sp³-hybridized carbons (Fsp3) is 0.211. The van der Waals surface area contributed by atoms with E-state index in [9.17, 15) is 0 Å². The van der Waals surface area contributed by atoms with Gasteiger partial charge in [-0.25, -0.2) is 0 Å². The normalized spacial score (nSPS) is 11.6. The molecule has 0 radical (unpaired) electrons. The van der Waals surface area contributed by atoms with Gasteiger partial charge in [0.25, 0.3) is 0 Å². The van der Waals surface area contributed by atoms with Gasteiger partial charge in [0.1, 0.15) is 0 Å². The molecule has 0 spiro atoms. The van der Waals surface area contributed by atoms with Crippen molar-refractivity contribution in [3.05, 3.63) is 199 Å². The van der Waals surface area contributed by atoms with Crippen molar-refractivity contribution in [2.45, 2.75) is 78.6 Å². The van der Waals surface area contributed by atoms with Crippen LogP contribution < -0.4 is 0 Å². The van der Waals surface area contributed by atoms with Gasteiger partial charge in [-0.3, -0.25) is 0 Å². The van der Waals surface area contributed by atoms with Crippen molar-refractivity contribution in [1.29, 1.82) is 0 Å². The Hall–Kier alpha value is -5.80. The Bertz CT molecular complexity index is 2530. The number of rotatable bonds is 3. The third-order valence-electron chi connectivity index (χ3n) is 10.7. The van der Waals surface area contributed by atoms with Crippen LogP contribution in [0.3, 0.4) is 0 Å². The van der Waals surface area contributed by atoms with Crippen LogP contribution in [0.1, 0.15) is 79.0 Å². The second-order valence-corrected chi connectivity index (χ2v) is 18.3. The van der Waals surface area contributed by atoms with Crippen LogP contribution >= 0.6 is 0 Å². The molecule has 0 aliphatic carbocycles. The number of nitrogens with zero attached hydrogens (tertiary/aromatic N) is 3. The predicted octanol–water partition coefficient (Wildman–Crippen LogP) is 15.0. The Labute approximate surface area is 376 Å². The minimum Gasteiger partial charge on any atom is -0.304 e. The first kappa shape index (κ1) is 44.7. The van der Waals surface area contributed by atoms with Crippen LogP contribution in [0.2, 0.25) is 0 Å². The zero-order valence-corrected chi connectivity index (χ0v) is 39.2. The van der Waals surface area contributed by atoms with Crippen molar-refractivity contribution in [2.24, 2.45) is 0 Å². The van der Waals surface area contributed by atoms with Crippen LogP contribution in [-0.4, -0.2) is 15.0 Å². The summed E-state index contributed by atoms with van der Waals surface area (Å²) < 4.78 is 0. The van der Waals surface area contributed by atoms with E-state index in [1.165, 1.54) is 49.0 Å². The number of hydrogen-bond acceptors (Lipinski definition) is 3. The molecule has 0 atom stereocenters. The van der Waals surface area contributed by atoms with Crippen LogP contribution in [-0.2, 0) is 36.4 Å². The van der Waals surface area contributed by atoms with E-state index in [2.05, 4.69) is 172 Å². The molecule has 6 aromatic carbocycles. The van der Waals surface area contributed by atoms with Gasteiger partial charge in [0.05, 0.1) is 0 Å². The summed E-state index contributed by atoms with van der Waals surface area (Å²) in [6, 6.07) is 59.3. The molecule has 0 aliphatic heterocycles. The molecule has 0 bridgehead atoms. The molecule has 9 rings (SSSR count). The van der Waals surface area contributed by atoms with Crippen LogP contribution in [0.4, 0.5) is 0 Å². The SMILES string of the molecule is CC(C)(C)c1cnc(-c2[c-]cccc2)c2ccccc12.CC(C)(C)c1cnc(-c2[c-]cccc2)c2ccccc12.CC(C)(C)c1cnc(-c2[c-]cccc2)c2ccccc12.[Ir+3]. The van der Waals surface area contributed by atoms with E-state index in [4.69, 9.17) is 15.0 Å². The van der Waals surface area contributed by atoms with E-state index in [-0.39, 0.29) is 36.4 Å². The van der Waals surface area contributed by atoms with Crippen molar-refractivity contribution in [2.75, 3.05) is 0 Å². The summed E-state index contributed by atoms with van der Waals surface area (Å²) in [5.74, 6) is 0. The van der Waals surface area contributed by atoms with Crippen molar-refractivity contribution >= 4 is 32.3 Å². The van der Waals surface area contributed by atoms with E-state index in [1.54, 1.807) is 0 Å². The van der Waals surface area contributed by atoms with E-state index in [0.29, 0.717) is 0 Å². The molecule has 306 valence electrons. The standard InChI is InChI=1S/3C19H18N.Ir/c3*1-19(2,3)17-13-20-18(14-9-5-4-6-10-14)16-12-8-7-11-15(16)17;/h3*4-9,11-13H,1-3H3;/q3*-1;+3. The number of pyridine rings is 3. The summed E-state index contributed by atoms with van der Waals surface area (Å²) in [7, 11) is 0. The van der Waals surface area contributed by atoms with E-state index in [1.807, 2.05) is 73.2 Å². The first-order valence-corrected chi connectivity index (χ1v) is 20.8. The summed E-state index contributed by atoms with van der Waals surface area (Å²) >= 11 is 0.